The van der Waals surface area contributed by atoms with E-state index in [9.17, 15) is 0 Å². The Hall–Kier alpha value is -1.88. The van der Waals surface area contributed by atoms with Crippen LogP contribution in [0.5, 0.6) is 0 Å². The number of fused-ring (bicyclic) bond motifs is 1. The van der Waals surface area contributed by atoms with Crippen molar-refractivity contribution in [2.75, 3.05) is 0 Å². The number of nitrogens with zero attached hydrogens (tertiary/aromatic N) is 2. The van der Waals surface area contributed by atoms with Gasteiger partial charge in [-0.1, -0.05) is 38.8 Å². The lowest BCUT2D eigenvalue weighted by Gasteiger charge is -2.21. The maximum atomic E-state index is 4.76. The Balaban J connectivity index is 1.62. The van der Waals surface area contributed by atoms with E-state index in [1.807, 2.05) is 30.7 Å². The van der Waals surface area contributed by atoms with Gasteiger partial charge in [-0.05, 0) is 31.9 Å². The molecule has 28 heavy (non-hydrogen) atoms. The lowest BCUT2D eigenvalue weighted by molar-refractivity contribution is 0.485. The highest BCUT2D eigenvalue weighted by molar-refractivity contribution is 9.12. The Kier molecular flexibility index (Phi) is 5.72. The monoisotopic (exact) mass is 500 g/mol. The first kappa shape index (κ1) is 19.4. The number of hydrogen-bond donors (Lipinski definition) is 2. The van der Waals surface area contributed by atoms with E-state index in [1.54, 1.807) is 0 Å². The molecule has 0 fully saturated rings. The molecule has 3 heterocycles. The molecule has 2 aliphatic rings. The molecular weight excluding hydrogens is 480 g/mol. The van der Waals surface area contributed by atoms with Crippen molar-refractivity contribution in [3.63, 3.8) is 0 Å². The summed E-state index contributed by atoms with van der Waals surface area (Å²) < 4.78 is 0.979. The van der Waals surface area contributed by atoms with Crippen LogP contribution in [0, 0.1) is 5.92 Å². The van der Waals surface area contributed by atoms with Crippen LogP contribution < -0.4 is 5.32 Å². The van der Waals surface area contributed by atoms with Gasteiger partial charge in [0.2, 0.25) is 0 Å². The lowest BCUT2D eigenvalue weighted by atomic mass is 9.89. The standard InChI is InChI=1S/C22H22Br2N4/c1-3-14(23)7-16-13(2)25-9-18(16)21-11-28-22(12-27-21)19-10-26-20-6-4-5-15(24)8-17(19)20/h5-6,8-14,16,25-26H,3,7H2,1-2H3/t13?,14-,16?/m1/s1. The topological polar surface area (TPSA) is 53.6 Å². The predicted molar refractivity (Wildman–Crippen MR) is 123 cm³/mol. The summed E-state index contributed by atoms with van der Waals surface area (Å²) in [4.78, 5) is 13.3. The highest BCUT2D eigenvalue weighted by atomic mass is 79.9. The summed E-state index contributed by atoms with van der Waals surface area (Å²) in [6, 6.07) is 0.408. The van der Waals surface area contributed by atoms with Crippen molar-refractivity contribution in [1.29, 1.82) is 0 Å². The van der Waals surface area contributed by atoms with Crippen LogP contribution in [0.1, 0.15) is 43.6 Å². The number of halogens is 2. The number of allylic oxidation sites excluding steroid dienone is 2. The normalized spacial score (nSPS) is 21.6. The third kappa shape index (κ3) is 3.82. The first-order valence-electron chi connectivity index (χ1n) is 9.50. The van der Waals surface area contributed by atoms with Crippen LogP contribution in [0.2, 0.25) is 0 Å². The van der Waals surface area contributed by atoms with Gasteiger partial charge < -0.3 is 10.3 Å². The fourth-order valence-electron chi connectivity index (χ4n) is 3.69. The second kappa shape index (κ2) is 8.24. The van der Waals surface area contributed by atoms with Crippen molar-refractivity contribution in [3.8, 4) is 11.3 Å². The van der Waals surface area contributed by atoms with E-state index in [4.69, 9.17) is 9.97 Å². The van der Waals surface area contributed by atoms with Crippen LogP contribution in [0.4, 0.5) is 0 Å². The Morgan fingerprint density at radius 2 is 2.00 bits per heavy atom. The molecule has 0 spiro atoms. The molecule has 0 saturated carbocycles. The van der Waals surface area contributed by atoms with Crippen molar-refractivity contribution in [1.82, 2.24) is 20.3 Å². The molecule has 1 aliphatic heterocycles. The van der Waals surface area contributed by atoms with Crippen LogP contribution in [-0.4, -0.2) is 25.8 Å². The minimum Gasteiger partial charge on any atom is -0.388 e. The highest BCUT2D eigenvalue weighted by Gasteiger charge is 2.29. The summed E-state index contributed by atoms with van der Waals surface area (Å²) in [5.41, 5.74) is 9.34. The van der Waals surface area contributed by atoms with Gasteiger partial charge in [-0.2, -0.15) is 0 Å². The molecule has 2 aromatic rings. The average molecular weight is 502 g/mol. The number of H-pyrrole nitrogens is 1. The van der Waals surface area contributed by atoms with Gasteiger partial charge in [0.15, 0.2) is 0 Å². The molecule has 2 N–H and O–H groups in total. The van der Waals surface area contributed by atoms with Crippen LogP contribution >= 0.6 is 31.9 Å². The molecule has 2 unspecified atom stereocenters. The molecule has 0 aromatic carbocycles. The van der Waals surface area contributed by atoms with Gasteiger partial charge >= 0.3 is 0 Å². The third-order valence-electron chi connectivity index (χ3n) is 5.36. The van der Waals surface area contributed by atoms with E-state index < -0.39 is 0 Å². The summed E-state index contributed by atoms with van der Waals surface area (Å²) in [7, 11) is 0. The summed E-state index contributed by atoms with van der Waals surface area (Å²) in [5.74, 6) is 0.433. The van der Waals surface area contributed by atoms with E-state index >= 15 is 0 Å². The highest BCUT2D eigenvalue weighted by Crippen LogP contribution is 2.35. The first-order valence-corrected chi connectivity index (χ1v) is 11.2. The number of nitrogens with one attached hydrogen (secondary N) is 2. The lowest BCUT2D eigenvalue weighted by Crippen LogP contribution is -2.25. The molecule has 0 bridgehead atoms. The third-order valence-corrected chi connectivity index (χ3v) is 6.84. The fourth-order valence-corrected chi connectivity index (χ4v) is 4.45. The second-order valence-electron chi connectivity index (χ2n) is 7.20. The van der Waals surface area contributed by atoms with Crippen molar-refractivity contribution >= 4 is 49.6 Å². The zero-order valence-corrected chi connectivity index (χ0v) is 19.0. The SMILES string of the molecule is CC[C@@H](Br)CC1C(c2cnc(-c3c[nH]c4c3C=C(Br)C=C=C4)cn2)=CNC1C. The predicted octanol–water partition coefficient (Wildman–Crippen LogP) is 5.90. The minimum atomic E-state index is 0.408. The second-order valence-corrected chi connectivity index (χ2v) is 9.41. The summed E-state index contributed by atoms with van der Waals surface area (Å²) in [5, 5.41) is 3.46. The molecule has 0 amide bonds. The minimum absolute atomic E-state index is 0.408. The Bertz CT molecular complexity index is 994. The Labute approximate surface area is 182 Å². The number of aromatic amines is 1. The number of rotatable bonds is 5. The molecule has 2 aromatic heterocycles. The molecule has 4 nitrogen and oxygen atoms in total. The molecule has 6 heteroatoms. The van der Waals surface area contributed by atoms with E-state index in [1.165, 1.54) is 5.57 Å². The summed E-state index contributed by atoms with van der Waals surface area (Å²) in [6.07, 6.45) is 16.0. The molecule has 1 aliphatic carbocycles. The number of alkyl halides is 1. The van der Waals surface area contributed by atoms with Crippen molar-refractivity contribution < 1.29 is 0 Å². The zero-order chi connectivity index (χ0) is 19.7. The first-order chi connectivity index (χ1) is 13.6. The van der Waals surface area contributed by atoms with Gasteiger partial charge in [-0.15, -0.1) is 5.73 Å². The molecular formula is C22H22Br2N4. The largest absolute Gasteiger partial charge is 0.388 e. The Morgan fingerprint density at radius 1 is 1.21 bits per heavy atom. The smallest absolute Gasteiger partial charge is 0.0907 e. The van der Waals surface area contributed by atoms with Gasteiger partial charge in [-0.3, -0.25) is 9.97 Å². The molecule has 0 saturated heterocycles. The maximum absolute atomic E-state index is 4.76. The van der Waals surface area contributed by atoms with Gasteiger partial charge in [0.05, 0.1) is 29.5 Å². The van der Waals surface area contributed by atoms with Gasteiger partial charge in [0.25, 0.3) is 0 Å². The molecule has 4 rings (SSSR count). The van der Waals surface area contributed by atoms with E-state index in [-0.39, 0.29) is 0 Å². The summed E-state index contributed by atoms with van der Waals surface area (Å²) in [6.45, 7) is 4.44. The zero-order valence-electron chi connectivity index (χ0n) is 15.8. The van der Waals surface area contributed by atoms with Gasteiger partial charge in [-0.25, -0.2) is 0 Å². The van der Waals surface area contributed by atoms with Crippen LogP contribution in [-0.2, 0) is 0 Å². The molecule has 0 radical (unpaired) electrons. The van der Waals surface area contributed by atoms with Crippen molar-refractivity contribution in [2.24, 2.45) is 5.92 Å². The fraction of sp³-hybridized carbons (Fsp3) is 0.318. The quantitative estimate of drug-likeness (QED) is 0.396. The Morgan fingerprint density at radius 3 is 2.75 bits per heavy atom. The van der Waals surface area contributed by atoms with E-state index in [2.05, 4.69) is 74.0 Å². The van der Waals surface area contributed by atoms with Gasteiger partial charge in [0, 0.05) is 56.4 Å². The van der Waals surface area contributed by atoms with Gasteiger partial charge in [0.1, 0.15) is 0 Å². The van der Waals surface area contributed by atoms with Crippen LogP contribution in [0.25, 0.3) is 29.0 Å². The van der Waals surface area contributed by atoms with Crippen LogP contribution in [0.3, 0.4) is 0 Å². The van der Waals surface area contributed by atoms with Crippen molar-refractivity contribution in [3.05, 3.63) is 58.0 Å². The maximum Gasteiger partial charge on any atom is 0.0907 e. The summed E-state index contributed by atoms with van der Waals surface area (Å²) >= 11 is 7.33. The van der Waals surface area contributed by atoms with Crippen molar-refractivity contribution in [2.45, 2.75) is 37.6 Å². The number of hydrogen-bond acceptors (Lipinski definition) is 3. The van der Waals surface area contributed by atoms with Crippen LogP contribution in [0.15, 0.2) is 41.1 Å². The van der Waals surface area contributed by atoms with E-state index in [0.29, 0.717) is 16.8 Å². The average Bonchev–Trinajstić information content (AvgIpc) is 3.20. The van der Waals surface area contributed by atoms with E-state index in [0.717, 1.165) is 45.5 Å². The molecule has 3 atom stereocenters. The number of aromatic nitrogens is 3. The molecule has 144 valence electrons.